The fraction of sp³-hybridized carbons (Fsp3) is 0.308. The van der Waals surface area contributed by atoms with E-state index in [0.717, 1.165) is 16.7 Å². The van der Waals surface area contributed by atoms with Gasteiger partial charge in [-0.2, -0.15) is 0 Å². The molecule has 1 aromatic carbocycles. The predicted octanol–water partition coefficient (Wildman–Crippen LogP) is 1.83. The highest BCUT2D eigenvalue weighted by molar-refractivity contribution is 7.91. The van der Waals surface area contributed by atoms with Crippen molar-refractivity contribution >= 4 is 26.6 Å². The largest absolute Gasteiger partial charge is 0.366 e. The fourth-order valence-electron chi connectivity index (χ4n) is 2.26. The number of anilines is 1. The summed E-state index contributed by atoms with van der Waals surface area (Å²) in [6.07, 6.45) is 0.664. The van der Waals surface area contributed by atoms with Crippen LogP contribution >= 0.6 is 0 Å². The molecule has 1 aliphatic heterocycles. The summed E-state index contributed by atoms with van der Waals surface area (Å²) in [5.41, 5.74) is 0.920. The summed E-state index contributed by atoms with van der Waals surface area (Å²) < 4.78 is 22.8. The number of sulfone groups is 1. The van der Waals surface area contributed by atoms with Gasteiger partial charge in [-0.3, -0.25) is 0 Å². The number of rotatable bonds is 2. The third-order valence-corrected chi connectivity index (χ3v) is 4.95. The van der Waals surface area contributed by atoms with Gasteiger partial charge >= 0.3 is 0 Å². The first-order valence-corrected chi connectivity index (χ1v) is 7.77. The second-order valence-electron chi connectivity index (χ2n) is 4.63. The molecule has 0 spiro atoms. The summed E-state index contributed by atoms with van der Waals surface area (Å²) in [6, 6.07) is 11.8. The second kappa shape index (κ2) is 4.24. The van der Waals surface area contributed by atoms with E-state index >= 15 is 0 Å². The van der Waals surface area contributed by atoms with Gasteiger partial charge in [0, 0.05) is 11.4 Å². The average molecular weight is 262 g/mol. The Kier molecular flexibility index (Phi) is 2.70. The summed E-state index contributed by atoms with van der Waals surface area (Å²) in [5.74, 6) is 1.23. The first kappa shape index (κ1) is 11.5. The summed E-state index contributed by atoms with van der Waals surface area (Å²) >= 11 is 0. The average Bonchev–Trinajstić information content (AvgIpc) is 2.68. The Balaban J connectivity index is 1.83. The number of nitrogens with one attached hydrogen (secondary N) is 1. The van der Waals surface area contributed by atoms with E-state index in [-0.39, 0.29) is 17.5 Å². The van der Waals surface area contributed by atoms with Crippen LogP contribution in [0.1, 0.15) is 6.42 Å². The molecular weight excluding hydrogens is 248 g/mol. The van der Waals surface area contributed by atoms with E-state index in [1.54, 1.807) is 0 Å². The van der Waals surface area contributed by atoms with Crippen LogP contribution in [0.2, 0.25) is 0 Å². The van der Waals surface area contributed by atoms with E-state index in [2.05, 4.69) is 10.3 Å². The molecule has 2 heterocycles. The number of aromatic nitrogens is 1. The minimum absolute atomic E-state index is 0.0105. The number of nitrogens with zero attached hydrogens (tertiary/aromatic N) is 1. The minimum Gasteiger partial charge on any atom is -0.366 e. The lowest BCUT2D eigenvalue weighted by Gasteiger charge is -2.11. The molecule has 1 atom stereocenters. The molecule has 0 saturated carbocycles. The molecule has 0 radical (unpaired) electrons. The van der Waals surface area contributed by atoms with E-state index in [9.17, 15) is 8.42 Å². The maximum Gasteiger partial charge on any atom is 0.152 e. The summed E-state index contributed by atoms with van der Waals surface area (Å²) in [6.45, 7) is 0. The Bertz CT molecular complexity index is 682. The molecule has 0 bridgehead atoms. The number of hydrogen-bond acceptors (Lipinski definition) is 4. The summed E-state index contributed by atoms with van der Waals surface area (Å²) in [4.78, 5) is 4.48. The zero-order valence-corrected chi connectivity index (χ0v) is 10.7. The van der Waals surface area contributed by atoms with Crippen LogP contribution in [0, 0.1) is 0 Å². The fourth-order valence-corrected chi connectivity index (χ4v) is 3.94. The quantitative estimate of drug-likeness (QED) is 0.897. The first-order valence-electron chi connectivity index (χ1n) is 5.95. The van der Waals surface area contributed by atoms with Gasteiger partial charge in [0.2, 0.25) is 0 Å². The lowest BCUT2D eigenvalue weighted by atomic mass is 10.2. The SMILES string of the molecule is O=S1(=O)CCC(Nc2ccc3ccccc3n2)C1. The number of benzene rings is 1. The smallest absolute Gasteiger partial charge is 0.152 e. The van der Waals surface area contributed by atoms with Crippen LogP contribution in [-0.2, 0) is 9.84 Å². The molecule has 1 aromatic heterocycles. The van der Waals surface area contributed by atoms with E-state index in [1.165, 1.54) is 0 Å². The summed E-state index contributed by atoms with van der Waals surface area (Å²) in [7, 11) is -2.85. The molecule has 1 aliphatic rings. The van der Waals surface area contributed by atoms with E-state index < -0.39 is 9.84 Å². The van der Waals surface area contributed by atoms with Crippen LogP contribution in [0.15, 0.2) is 36.4 Å². The van der Waals surface area contributed by atoms with E-state index in [0.29, 0.717) is 6.42 Å². The van der Waals surface area contributed by atoms with Crippen LogP contribution in [0.5, 0.6) is 0 Å². The molecule has 1 N–H and O–H groups in total. The van der Waals surface area contributed by atoms with Crippen molar-refractivity contribution < 1.29 is 8.42 Å². The van der Waals surface area contributed by atoms with Crippen molar-refractivity contribution in [1.29, 1.82) is 0 Å². The lowest BCUT2D eigenvalue weighted by molar-refractivity contribution is 0.602. The van der Waals surface area contributed by atoms with Crippen LogP contribution in [0.3, 0.4) is 0 Å². The topological polar surface area (TPSA) is 59.1 Å². The molecule has 2 aromatic rings. The maximum atomic E-state index is 11.4. The molecule has 4 nitrogen and oxygen atoms in total. The first-order chi connectivity index (χ1) is 8.62. The van der Waals surface area contributed by atoms with Crippen molar-refractivity contribution in [2.75, 3.05) is 16.8 Å². The minimum atomic E-state index is -2.85. The normalized spacial score (nSPS) is 22.1. The monoisotopic (exact) mass is 262 g/mol. The standard InChI is InChI=1S/C13H14N2O2S/c16-18(17)8-7-11(9-18)14-13-6-5-10-3-1-2-4-12(10)15-13/h1-6,11H,7-9H2,(H,14,15). The molecule has 94 valence electrons. The summed E-state index contributed by atoms with van der Waals surface area (Å²) in [5, 5.41) is 4.28. The zero-order valence-electron chi connectivity index (χ0n) is 9.83. The van der Waals surface area contributed by atoms with Crippen molar-refractivity contribution in [3.05, 3.63) is 36.4 Å². The third kappa shape index (κ3) is 2.31. The molecular formula is C13H14N2O2S. The van der Waals surface area contributed by atoms with Gasteiger partial charge in [0.15, 0.2) is 9.84 Å². The third-order valence-electron chi connectivity index (χ3n) is 3.18. The van der Waals surface area contributed by atoms with E-state index in [4.69, 9.17) is 0 Å². The van der Waals surface area contributed by atoms with Gasteiger partial charge in [-0.25, -0.2) is 13.4 Å². The molecule has 0 amide bonds. The lowest BCUT2D eigenvalue weighted by Crippen LogP contribution is -2.21. The van der Waals surface area contributed by atoms with Crippen LogP contribution < -0.4 is 5.32 Å². The molecule has 1 fully saturated rings. The van der Waals surface area contributed by atoms with Gasteiger partial charge in [0.1, 0.15) is 5.82 Å². The predicted molar refractivity (Wildman–Crippen MR) is 72.4 cm³/mol. The highest BCUT2D eigenvalue weighted by Gasteiger charge is 2.27. The zero-order chi connectivity index (χ0) is 12.6. The highest BCUT2D eigenvalue weighted by atomic mass is 32.2. The van der Waals surface area contributed by atoms with Gasteiger partial charge in [-0.1, -0.05) is 18.2 Å². The van der Waals surface area contributed by atoms with Crippen molar-refractivity contribution in [2.24, 2.45) is 0 Å². The molecule has 1 saturated heterocycles. The Morgan fingerprint density at radius 1 is 1.17 bits per heavy atom. The van der Waals surface area contributed by atoms with Crippen LogP contribution in [-0.4, -0.2) is 30.9 Å². The maximum absolute atomic E-state index is 11.4. The van der Waals surface area contributed by atoms with Crippen LogP contribution in [0.25, 0.3) is 10.9 Å². The number of pyridine rings is 1. The number of fused-ring (bicyclic) bond motifs is 1. The van der Waals surface area contributed by atoms with E-state index in [1.807, 2.05) is 36.4 Å². The van der Waals surface area contributed by atoms with Gasteiger partial charge < -0.3 is 5.32 Å². The van der Waals surface area contributed by atoms with Gasteiger partial charge in [0.25, 0.3) is 0 Å². The second-order valence-corrected chi connectivity index (χ2v) is 6.86. The number of para-hydroxylation sites is 1. The Morgan fingerprint density at radius 2 is 2.00 bits per heavy atom. The van der Waals surface area contributed by atoms with Crippen molar-refractivity contribution in [2.45, 2.75) is 12.5 Å². The van der Waals surface area contributed by atoms with Gasteiger partial charge in [-0.05, 0) is 24.6 Å². The Labute approximate surface area is 106 Å². The molecule has 1 unspecified atom stereocenters. The van der Waals surface area contributed by atoms with Gasteiger partial charge in [0.05, 0.1) is 17.0 Å². The van der Waals surface area contributed by atoms with Crippen molar-refractivity contribution in [3.8, 4) is 0 Å². The highest BCUT2D eigenvalue weighted by Crippen LogP contribution is 2.19. The molecule has 5 heteroatoms. The molecule has 18 heavy (non-hydrogen) atoms. The Hall–Kier alpha value is -1.62. The molecule has 3 rings (SSSR count). The number of hydrogen-bond donors (Lipinski definition) is 1. The van der Waals surface area contributed by atoms with Crippen molar-refractivity contribution in [3.63, 3.8) is 0 Å². The van der Waals surface area contributed by atoms with Crippen LogP contribution in [0.4, 0.5) is 5.82 Å². The van der Waals surface area contributed by atoms with Gasteiger partial charge in [-0.15, -0.1) is 0 Å². The Morgan fingerprint density at radius 3 is 2.78 bits per heavy atom. The molecule has 0 aliphatic carbocycles. The van der Waals surface area contributed by atoms with Crippen molar-refractivity contribution in [1.82, 2.24) is 4.98 Å².